The van der Waals surface area contributed by atoms with Gasteiger partial charge < -0.3 is 15.1 Å². The van der Waals surface area contributed by atoms with Crippen LogP contribution in [-0.2, 0) is 11.3 Å². The van der Waals surface area contributed by atoms with Crippen LogP contribution in [0.5, 0.6) is 5.75 Å². The lowest BCUT2D eigenvalue weighted by molar-refractivity contribution is -0.144. The van der Waals surface area contributed by atoms with Gasteiger partial charge in [0.05, 0.1) is 0 Å². The molecule has 5 nitrogen and oxygen atoms in total. The van der Waals surface area contributed by atoms with Crippen LogP contribution in [-0.4, -0.2) is 33.0 Å². The third-order valence-corrected chi connectivity index (χ3v) is 3.15. The Morgan fingerprint density at radius 2 is 2.06 bits per heavy atom. The lowest BCUT2D eigenvalue weighted by atomic mass is 10.0. The average Bonchev–Trinajstić information content (AvgIpc) is 2.56. The van der Waals surface area contributed by atoms with Crippen LogP contribution in [0.3, 0.4) is 0 Å². The summed E-state index contributed by atoms with van der Waals surface area (Å²) in [6.45, 7) is 3.82. The van der Waals surface area contributed by atoms with Gasteiger partial charge in [0.1, 0.15) is 11.8 Å². The molecule has 0 spiro atoms. The number of phenolic OH excluding ortho intramolecular Hbond substituents is 1. The quantitative estimate of drug-likeness (QED) is 0.850. The molecule has 1 amide bonds. The van der Waals surface area contributed by atoms with Crippen LogP contribution >= 0.6 is 0 Å². The van der Waals surface area contributed by atoms with E-state index in [4.69, 9.17) is 0 Å². The van der Waals surface area contributed by atoms with Crippen LogP contribution in [0.4, 0.5) is 0 Å². The van der Waals surface area contributed by atoms with Gasteiger partial charge in [-0.05, 0) is 23.6 Å². The zero-order valence-corrected chi connectivity index (χ0v) is 10.3. The van der Waals surface area contributed by atoms with E-state index in [-0.39, 0.29) is 24.1 Å². The second-order valence-corrected chi connectivity index (χ2v) is 4.80. The topological polar surface area (TPSA) is 77.8 Å². The summed E-state index contributed by atoms with van der Waals surface area (Å²) in [5, 5.41) is 18.6. The molecule has 1 aliphatic heterocycles. The van der Waals surface area contributed by atoms with Crippen molar-refractivity contribution in [3.05, 3.63) is 29.3 Å². The number of aromatic hydroxyl groups is 1. The molecule has 1 aliphatic rings. The van der Waals surface area contributed by atoms with Gasteiger partial charge in [-0.15, -0.1) is 0 Å². The minimum Gasteiger partial charge on any atom is -0.508 e. The van der Waals surface area contributed by atoms with Crippen molar-refractivity contribution in [3.8, 4) is 5.75 Å². The molecule has 0 saturated heterocycles. The molecule has 18 heavy (non-hydrogen) atoms. The fourth-order valence-electron chi connectivity index (χ4n) is 2.31. The van der Waals surface area contributed by atoms with Crippen molar-refractivity contribution in [2.75, 3.05) is 0 Å². The molecule has 0 fully saturated rings. The maximum atomic E-state index is 12.2. The zero-order chi connectivity index (χ0) is 13.4. The van der Waals surface area contributed by atoms with Crippen molar-refractivity contribution >= 4 is 11.9 Å². The van der Waals surface area contributed by atoms with Gasteiger partial charge in [0.15, 0.2) is 0 Å². The highest BCUT2D eigenvalue weighted by Gasteiger charge is 2.38. The first-order valence-corrected chi connectivity index (χ1v) is 5.77. The Balaban J connectivity index is 2.36. The van der Waals surface area contributed by atoms with Crippen LogP contribution in [0.25, 0.3) is 0 Å². The van der Waals surface area contributed by atoms with E-state index in [0.29, 0.717) is 5.56 Å². The van der Waals surface area contributed by atoms with Crippen LogP contribution in [0.1, 0.15) is 29.8 Å². The summed E-state index contributed by atoms with van der Waals surface area (Å²) < 4.78 is 0. The van der Waals surface area contributed by atoms with Crippen LogP contribution in [0.15, 0.2) is 18.2 Å². The third kappa shape index (κ3) is 1.92. The van der Waals surface area contributed by atoms with E-state index >= 15 is 0 Å². The molecule has 1 aromatic carbocycles. The molecular formula is C13H15NO4. The van der Waals surface area contributed by atoms with Gasteiger partial charge in [-0.25, -0.2) is 4.79 Å². The van der Waals surface area contributed by atoms with E-state index < -0.39 is 12.0 Å². The number of carbonyl (C=O) groups excluding carboxylic acids is 1. The number of nitrogens with zero attached hydrogens (tertiary/aromatic N) is 1. The molecule has 0 bridgehead atoms. The van der Waals surface area contributed by atoms with Gasteiger partial charge in [0, 0.05) is 12.1 Å². The fourth-order valence-corrected chi connectivity index (χ4v) is 2.31. The molecule has 0 radical (unpaired) electrons. The molecule has 1 unspecified atom stereocenters. The zero-order valence-electron chi connectivity index (χ0n) is 10.3. The van der Waals surface area contributed by atoms with Crippen molar-refractivity contribution in [1.82, 2.24) is 4.90 Å². The number of hydrogen-bond acceptors (Lipinski definition) is 3. The largest absolute Gasteiger partial charge is 0.508 e. The van der Waals surface area contributed by atoms with Gasteiger partial charge in [-0.1, -0.05) is 19.9 Å². The molecule has 1 aromatic rings. The maximum Gasteiger partial charge on any atom is 0.326 e. The number of fused-ring (bicyclic) bond motifs is 1. The highest BCUT2D eigenvalue weighted by Crippen LogP contribution is 2.29. The van der Waals surface area contributed by atoms with Crippen LogP contribution < -0.4 is 0 Å². The van der Waals surface area contributed by atoms with Gasteiger partial charge in [-0.3, -0.25) is 4.79 Å². The molecule has 0 saturated carbocycles. The van der Waals surface area contributed by atoms with Gasteiger partial charge in [-0.2, -0.15) is 0 Å². The number of hydrogen-bond donors (Lipinski definition) is 2. The molecule has 1 heterocycles. The van der Waals surface area contributed by atoms with Crippen LogP contribution in [0, 0.1) is 5.92 Å². The summed E-state index contributed by atoms with van der Waals surface area (Å²) >= 11 is 0. The Morgan fingerprint density at radius 1 is 1.39 bits per heavy atom. The Kier molecular flexibility index (Phi) is 2.98. The normalized spacial score (nSPS) is 15.9. The molecule has 96 valence electrons. The monoisotopic (exact) mass is 249 g/mol. The number of benzene rings is 1. The van der Waals surface area contributed by atoms with Crippen molar-refractivity contribution in [3.63, 3.8) is 0 Å². The Morgan fingerprint density at radius 3 is 2.61 bits per heavy atom. The smallest absolute Gasteiger partial charge is 0.326 e. The number of phenols is 1. The molecule has 0 aromatic heterocycles. The summed E-state index contributed by atoms with van der Waals surface area (Å²) in [6, 6.07) is 3.70. The summed E-state index contributed by atoms with van der Waals surface area (Å²) in [4.78, 5) is 24.7. The van der Waals surface area contributed by atoms with Crippen molar-refractivity contribution in [2.24, 2.45) is 5.92 Å². The number of carbonyl (C=O) groups is 2. The lowest BCUT2D eigenvalue weighted by Gasteiger charge is -2.27. The maximum absolute atomic E-state index is 12.2. The van der Waals surface area contributed by atoms with Crippen molar-refractivity contribution in [1.29, 1.82) is 0 Å². The van der Waals surface area contributed by atoms with Crippen molar-refractivity contribution in [2.45, 2.75) is 26.4 Å². The van der Waals surface area contributed by atoms with E-state index in [1.807, 2.05) is 0 Å². The molecule has 2 N–H and O–H groups in total. The summed E-state index contributed by atoms with van der Waals surface area (Å²) in [6.07, 6.45) is 0. The third-order valence-electron chi connectivity index (χ3n) is 3.15. The standard InChI is InChI=1S/C13H15NO4/c1-7(2)11(13(17)18)14-6-8-3-4-9(15)5-10(8)12(14)16/h3-5,7,11,15H,6H2,1-2H3,(H,17,18). The molecule has 1 atom stereocenters. The Hall–Kier alpha value is -2.04. The minimum absolute atomic E-state index is 0.0142. The SMILES string of the molecule is CC(C)C(C(=O)O)N1Cc2ccc(O)cc2C1=O. The molecule has 2 rings (SSSR count). The van der Waals surface area contributed by atoms with E-state index in [9.17, 15) is 19.8 Å². The number of aliphatic carboxylic acids is 1. The predicted molar refractivity (Wildman–Crippen MR) is 64.2 cm³/mol. The van der Waals surface area contributed by atoms with E-state index in [0.717, 1.165) is 5.56 Å². The van der Waals surface area contributed by atoms with Gasteiger partial charge >= 0.3 is 5.97 Å². The highest BCUT2D eigenvalue weighted by molar-refractivity contribution is 6.00. The highest BCUT2D eigenvalue weighted by atomic mass is 16.4. The van der Waals surface area contributed by atoms with Crippen molar-refractivity contribution < 1.29 is 19.8 Å². The first-order valence-electron chi connectivity index (χ1n) is 5.77. The average molecular weight is 249 g/mol. The van der Waals surface area contributed by atoms with E-state index in [1.54, 1.807) is 19.9 Å². The summed E-state index contributed by atoms with van der Waals surface area (Å²) in [7, 11) is 0. The number of amides is 1. The predicted octanol–water partition coefficient (Wildman–Crippen LogP) is 1.46. The Labute approximate surface area is 105 Å². The fraction of sp³-hybridized carbons (Fsp3) is 0.385. The first-order chi connectivity index (χ1) is 8.41. The lowest BCUT2D eigenvalue weighted by Crippen LogP contribution is -2.44. The summed E-state index contributed by atoms with van der Waals surface area (Å²) in [5.41, 5.74) is 1.15. The molecule has 5 heteroatoms. The second kappa shape index (κ2) is 4.33. The van der Waals surface area contributed by atoms with E-state index in [1.165, 1.54) is 17.0 Å². The number of carboxylic acids is 1. The first kappa shape index (κ1) is 12.4. The molecule has 0 aliphatic carbocycles. The van der Waals surface area contributed by atoms with Gasteiger partial charge in [0.25, 0.3) is 5.91 Å². The Bertz CT molecular complexity index is 510. The summed E-state index contributed by atoms with van der Waals surface area (Å²) in [5.74, 6) is -1.49. The second-order valence-electron chi connectivity index (χ2n) is 4.80. The number of carboxylic acid groups (broad SMARTS) is 1. The van der Waals surface area contributed by atoms with Gasteiger partial charge in [0.2, 0.25) is 0 Å². The van der Waals surface area contributed by atoms with E-state index in [2.05, 4.69) is 0 Å². The van der Waals surface area contributed by atoms with Crippen LogP contribution in [0.2, 0.25) is 0 Å². The minimum atomic E-state index is -1.00. The number of rotatable bonds is 3. The molecular weight excluding hydrogens is 234 g/mol.